The zero-order valence-electron chi connectivity index (χ0n) is 24.7. The minimum absolute atomic E-state index is 0.182. The summed E-state index contributed by atoms with van der Waals surface area (Å²) in [6.07, 6.45) is 1.81. The Bertz CT molecular complexity index is 1690. The summed E-state index contributed by atoms with van der Waals surface area (Å²) in [6.45, 7) is 2.91. The molecule has 43 heavy (non-hydrogen) atoms. The van der Waals surface area contributed by atoms with Crippen LogP contribution < -0.4 is 15.2 Å². The summed E-state index contributed by atoms with van der Waals surface area (Å²) in [7, 11) is -0.280. The third kappa shape index (κ3) is 6.32. The highest BCUT2D eigenvalue weighted by atomic mass is 32.2. The van der Waals surface area contributed by atoms with E-state index < -0.39 is 21.3 Å². The minimum atomic E-state index is -3.82. The summed E-state index contributed by atoms with van der Waals surface area (Å²) in [5.41, 5.74) is 8.65. The van der Waals surface area contributed by atoms with Crippen LogP contribution in [0.4, 0.5) is 4.39 Å². The van der Waals surface area contributed by atoms with Crippen LogP contribution in [0, 0.1) is 11.2 Å². The topological polar surface area (TPSA) is 113 Å². The Morgan fingerprint density at radius 3 is 2.35 bits per heavy atom. The number of nitrogens with two attached hydrogens (primary N) is 1. The van der Waals surface area contributed by atoms with E-state index in [2.05, 4.69) is 4.72 Å². The number of benzene rings is 3. The normalized spacial score (nSPS) is 19.8. The molecule has 1 saturated carbocycles. The van der Waals surface area contributed by atoms with E-state index in [0.717, 1.165) is 33.5 Å². The number of halogens is 1. The van der Waals surface area contributed by atoms with Crippen LogP contribution in [0.2, 0.25) is 0 Å². The molecule has 0 spiro atoms. The Morgan fingerprint density at radius 1 is 1.05 bits per heavy atom. The van der Waals surface area contributed by atoms with Crippen molar-refractivity contribution >= 4 is 26.8 Å². The lowest BCUT2D eigenvalue weighted by Crippen LogP contribution is -2.48. The average Bonchev–Trinajstić information content (AvgIpc) is 3.33. The van der Waals surface area contributed by atoms with E-state index in [1.807, 2.05) is 54.9 Å². The molecule has 3 aromatic carbocycles. The van der Waals surface area contributed by atoms with E-state index in [-0.39, 0.29) is 22.7 Å². The van der Waals surface area contributed by atoms with Gasteiger partial charge in [0.15, 0.2) is 0 Å². The summed E-state index contributed by atoms with van der Waals surface area (Å²) in [5, 5.41) is 0.926. The SMILES string of the molecule is COCCOc1ccc(-c2cc3ccc(S(=O)(=O)NC4CCC(C(N)=O)([C@H](C)c5ccc(F)cc5)CC4)cc3n2C)cc1. The predicted octanol–water partition coefficient (Wildman–Crippen LogP) is 5.51. The summed E-state index contributed by atoms with van der Waals surface area (Å²) in [5.74, 6) is -0.231. The number of aryl methyl sites for hydroxylation is 1. The number of aromatic nitrogens is 1. The second-order valence-corrected chi connectivity index (χ2v) is 13.1. The second kappa shape index (κ2) is 12.5. The number of hydrogen-bond donors (Lipinski definition) is 2. The maximum atomic E-state index is 13.5. The molecule has 4 aromatic rings. The molecule has 1 atom stereocenters. The maximum absolute atomic E-state index is 13.5. The van der Waals surface area contributed by atoms with Gasteiger partial charge in [-0.05, 0) is 97.3 Å². The van der Waals surface area contributed by atoms with Crippen LogP contribution in [-0.4, -0.2) is 45.3 Å². The molecule has 3 N–H and O–H groups in total. The van der Waals surface area contributed by atoms with Crippen LogP contribution in [0.15, 0.2) is 77.7 Å². The first-order valence-electron chi connectivity index (χ1n) is 14.4. The number of amides is 1. The number of fused-ring (bicyclic) bond motifs is 1. The van der Waals surface area contributed by atoms with Gasteiger partial charge in [-0.25, -0.2) is 17.5 Å². The molecule has 228 valence electrons. The molecular weight excluding hydrogens is 569 g/mol. The lowest BCUT2D eigenvalue weighted by molar-refractivity contribution is -0.131. The van der Waals surface area contributed by atoms with E-state index in [0.29, 0.717) is 38.9 Å². The number of rotatable bonds is 11. The Balaban J connectivity index is 1.30. The first-order valence-corrected chi connectivity index (χ1v) is 15.9. The summed E-state index contributed by atoms with van der Waals surface area (Å²) >= 11 is 0. The maximum Gasteiger partial charge on any atom is 0.240 e. The molecule has 0 saturated heterocycles. The van der Waals surface area contributed by atoms with Crippen molar-refractivity contribution in [3.05, 3.63) is 84.2 Å². The van der Waals surface area contributed by atoms with Gasteiger partial charge in [0.1, 0.15) is 18.2 Å². The van der Waals surface area contributed by atoms with Crippen molar-refractivity contribution in [2.75, 3.05) is 20.3 Å². The van der Waals surface area contributed by atoms with Crippen molar-refractivity contribution in [1.82, 2.24) is 9.29 Å². The number of nitrogens with one attached hydrogen (secondary N) is 1. The zero-order chi connectivity index (χ0) is 30.8. The van der Waals surface area contributed by atoms with Gasteiger partial charge in [-0.1, -0.05) is 25.1 Å². The third-order valence-corrected chi connectivity index (χ3v) is 10.4. The van der Waals surface area contributed by atoms with Gasteiger partial charge < -0.3 is 19.8 Å². The van der Waals surface area contributed by atoms with E-state index >= 15 is 0 Å². The monoisotopic (exact) mass is 607 g/mol. The first-order chi connectivity index (χ1) is 20.5. The highest BCUT2D eigenvalue weighted by molar-refractivity contribution is 7.89. The molecule has 1 heterocycles. The summed E-state index contributed by atoms with van der Waals surface area (Å²) < 4.78 is 56.0. The van der Waals surface area contributed by atoms with Crippen molar-refractivity contribution in [3.8, 4) is 17.0 Å². The lowest BCUT2D eigenvalue weighted by atomic mass is 9.63. The number of methoxy groups -OCH3 is 1. The molecule has 1 aliphatic rings. The fourth-order valence-electron chi connectivity index (χ4n) is 6.22. The van der Waals surface area contributed by atoms with Crippen LogP contribution in [0.5, 0.6) is 5.75 Å². The molecule has 0 unspecified atom stereocenters. The molecule has 0 aliphatic heterocycles. The van der Waals surface area contributed by atoms with Crippen LogP contribution in [0.1, 0.15) is 44.1 Å². The molecule has 0 bridgehead atoms. The van der Waals surface area contributed by atoms with Crippen LogP contribution in [0.25, 0.3) is 22.2 Å². The summed E-state index contributed by atoms with van der Waals surface area (Å²) in [6, 6.07) is 20.7. The van der Waals surface area contributed by atoms with Gasteiger partial charge in [-0.15, -0.1) is 0 Å². The largest absolute Gasteiger partial charge is 0.491 e. The molecule has 10 heteroatoms. The molecule has 1 amide bonds. The molecule has 1 aromatic heterocycles. The Hall–Kier alpha value is -3.73. The van der Waals surface area contributed by atoms with Crippen LogP contribution >= 0.6 is 0 Å². The Morgan fingerprint density at radius 2 is 1.72 bits per heavy atom. The van der Waals surface area contributed by atoms with Gasteiger partial charge in [0.05, 0.1) is 16.9 Å². The number of ether oxygens (including phenoxy) is 2. The molecular formula is C33H38FN3O5S. The number of carbonyl (C=O) groups excluding carboxylic acids is 1. The van der Waals surface area contributed by atoms with Crippen molar-refractivity contribution < 1.29 is 27.1 Å². The van der Waals surface area contributed by atoms with Gasteiger partial charge in [-0.2, -0.15) is 0 Å². The fraction of sp³-hybridized carbons (Fsp3) is 0.364. The van der Waals surface area contributed by atoms with E-state index in [1.165, 1.54) is 12.1 Å². The van der Waals surface area contributed by atoms with E-state index in [4.69, 9.17) is 15.2 Å². The van der Waals surface area contributed by atoms with Crippen molar-refractivity contribution in [2.24, 2.45) is 18.2 Å². The molecule has 1 aliphatic carbocycles. The molecule has 5 rings (SSSR count). The second-order valence-electron chi connectivity index (χ2n) is 11.4. The minimum Gasteiger partial charge on any atom is -0.491 e. The smallest absolute Gasteiger partial charge is 0.240 e. The van der Waals surface area contributed by atoms with Gasteiger partial charge in [0.2, 0.25) is 15.9 Å². The van der Waals surface area contributed by atoms with E-state index in [9.17, 15) is 17.6 Å². The van der Waals surface area contributed by atoms with E-state index in [1.54, 1.807) is 31.4 Å². The lowest BCUT2D eigenvalue weighted by Gasteiger charge is -2.42. The molecule has 0 radical (unpaired) electrons. The fourth-order valence-corrected chi connectivity index (χ4v) is 7.54. The standard InChI is InChI=1S/C33H38FN3O5S/c1-22(23-4-9-26(34)10-5-23)33(32(35)38)16-14-27(15-17-33)36-43(39,40)29-13-8-25-20-30(37(2)31(25)21-29)24-6-11-28(12-7-24)42-19-18-41-3/h4-13,20-22,27,36H,14-19H2,1-3H3,(H2,35,38)/t22-,27?,33?/m1/s1. The van der Waals surface area contributed by atoms with Crippen LogP contribution in [-0.2, 0) is 26.6 Å². The Labute approximate surface area is 252 Å². The van der Waals surface area contributed by atoms with Crippen LogP contribution in [0.3, 0.4) is 0 Å². The van der Waals surface area contributed by atoms with Gasteiger partial charge >= 0.3 is 0 Å². The first kappa shape index (κ1) is 30.7. The van der Waals surface area contributed by atoms with Crippen molar-refractivity contribution in [1.29, 1.82) is 0 Å². The summed E-state index contributed by atoms with van der Waals surface area (Å²) in [4.78, 5) is 12.9. The van der Waals surface area contributed by atoms with Crippen molar-refractivity contribution in [3.63, 3.8) is 0 Å². The van der Waals surface area contributed by atoms with Crippen molar-refractivity contribution in [2.45, 2.75) is 49.5 Å². The van der Waals surface area contributed by atoms with Gasteiger partial charge in [-0.3, -0.25) is 4.79 Å². The quantitative estimate of drug-likeness (QED) is 0.219. The highest BCUT2D eigenvalue weighted by Gasteiger charge is 2.45. The zero-order valence-corrected chi connectivity index (χ0v) is 25.5. The number of primary amides is 1. The van der Waals surface area contributed by atoms with Gasteiger partial charge in [0.25, 0.3) is 0 Å². The molecule has 8 nitrogen and oxygen atoms in total. The number of hydrogen-bond acceptors (Lipinski definition) is 5. The average molecular weight is 608 g/mol. The number of sulfonamides is 1. The molecule has 1 fully saturated rings. The predicted molar refractivity (Wildman–Crippen MR) is 165 cm³/mol. The third-order valence-electron chi connectivity index (χ3n) is 8.92. The van der Waals surface area contributed by atoms with Gasteiger partial charge in [0, 0.05) is 36.8 Å². The Kier molecular flexibility index (Phi) is 8.91. The number of carbonyl (C=O) groups is 1. The number of nitrogens with zero attached hydrogens (tertiary/aromatic N) is 1. The highest BCUT2D eigenvalue weighted by Crippen LogP contribution is 2.47.